The largest absolute Gasteiger partial charge is 0.481 e. The zero-order chi connectivity index (χ0) is 44.9. The van der Waals surface area contributed by atoms with E-state index < -0.39 is 33.2 Å². The maximum Gasteiger partial charge on any atom is 0.407 e. The number of carboxylic acid groups (broad SMARTS) is 1. The van der Waals surface area contributed by atoms with Crippen LogP contribution in [0, 0.1) is 73.9 Å². The van der Waals surface area contributed by atoms with Gasteiger partial charge in [-0.25, -0.2) is 13.2 Å². The van der Waals surface area contributed by atoms with Crippen molar-refractivity contribution in [2.24, 2.45) is 73.9 Å². The number of hydrogen-bond acceptors (Lipinski definition) is 10. The summed E-state index contributed by atoms with van der Waals surface area (Å²) in [5.41, 5.74) is 0.117. The number of alkyl carbamates (subject to hydrolysis) is 1. The molecule has 0 aromatic rings. The SMILES string of the molecule is COCCOC(=O)NC[C@@H](CN[C@]12CC[C@@H](C3(C)CC3)[C@@H]1[C@H]1CC[C@@H]3[C@@]4(C)CC[C@H](OC(=O)[C@H]5C[C@@H](C(=O)O)C5(C)C)C(C)(C)[C@@H]4CC[C@@]3(C)[C@]1(C)CC2)N1CCS(=O)(=O)CC1. The number of carbonyl (C=O) groups excluding carboxylic acids is 2. The molecule has 1 aliphatic heterocycles. The van der Waals surface area contributed by atoms with Crippen LogP contribution in [0.25, 0.3) is 0 Å². The van der Waals surface area contributed by atoms with Gasteiger partial charge in [0.15, 0.2) is 9.84 Å². The molecule has 0 unspecified atom stereocenters. The summed E-state index contributed by atoms with van der Waals surface area (Å²) in [5.74, 6) is 1.25. The molecule has 8 rings (SSSR count). The number of aliphatic carboxylic acids is 1. The molecule has 8 fully saturated rings. The molecule has 0 spiro atoms. The number of nitrogens with zero attached hydrogens (tertiary/aromatic N) is 1. The molecule has 62 heavy (non-hydrogen) atoms. The minimum atomic E-state index is -3.06. The van der Waals surface area contributed by atoms with Crippen molar-refractivity contribution in [2.45, 2.75) is 157 Å². The summed E-state index contributed by atoms with van der Waals surface area (Å²) in [6.07, 6.45) is 13.8. The third-order valence-corrected chi connectivity index (χ3v) is 22.6. The Bertz CT molecular complexity index is 1840. The predicted octanol–water partition coefficient (Wildman–Crippen LogP) is 7.34. The second-order valence-corrected chi connectivity index (χ2v) is 26.5. The molecule has 1 saturated heterocycles. The quantitative estimate of drug-likeness (QED) is 0.125. The van der Waals surface area contributed by atoms with Crippen molar-refractivity contribution in [2.75, 3.05) is 58.0 Å². The van der Waals surface area contributed by atoms with E-state index in [4.69, 9.17) is 14.2 Å². The van der Waals surface area contributed by atoms with Gasteiger partial charge < -0.3 is 30.0 Å². The van der Waals surface area contributed by atoms with Crippen LogP contribution >= 0.6 is 0 Å². The highest BCUT2D eigenvalue weighted by atomic mass is 32.2. The molecule has 352 valence electrons. The number of nitrogens with one attached hydrogen (secondary N) is 2. The normalized spacial score (nSPS) is 43.9. The van der Waals surface area contributed by atoms with E-state index in [-0.39, 0.29) is 69.3 Å². The number of methoxy groups -OCH3 is 1. The number of hydrogen-bond donors (Lipinski definition) is 3. The Morgan fingerprint density at radius 3 is 2.10 bits per heavy atom. The Morgan fingerprint density at radius 1 is 0.742 bits per heavy atom. The van der Waals surface area contributed by atoms with Gasteiger partial charge in [-0.3, -0.25) is 14.5 Å². The lowest BCUT2D eigenvalue weighted by Gasteiger charge is -2.73. The molecular weight excluding hydrogens is 807 g/mol. The van der Waals surface area contributed by atoms with Crippen LogP contribution in [0.4, 0.5) is 4.79 Å². The molecule has 0 radical (unpaired) electrons. The van der Waals surface area contributed by atoms with Crippen molar-refractivity contribution in [3.8, 4) is 0 Å². The zero-order valence-corrected chi connectivity index (χ0v) is 40.4. The molecule has 13 atom stereocenters. The van der Waals surface area contributed by atoms with Crippen LogP contribution in [-0.4, -0.2) is 112 Å². The van der Waals surface area contributed by atoms with Crippen LogP contribution < -0.4 is 10.6 Å². The van der Waals surface area contributed by atoms with Crippen LogP contribution in [-0.2, 0) is 33.6 Å². The first-order valence-corrected chi connectivity index (χ1v) is 26.3. The molecule has 3 N–H and O–H groups in total. The molecule has 12 nitrogen and oxygen atoms in total. The monoisotopic (exact) mass is 888 g/mol. The highest BCUT2D eigenvalue weighted by Crippen LogP contribution is 2.78. The summed E-state index contributed by atoms with van der Waals surface area (Å²) in [6, 6.07) is -0.0533. The van der Waals surface area contributed by atoms with Gasteiger partial charge in [-0.15, -0.1) is 0 Å². The van der Waals surface area contributed by atoms with E-state index in [2.05, 4.69) is 57.1 Å². The van der Waals surface area contributed by atoms with Crippen LogP contribution in [0.1, 0.15) is 139 Å². The molecule has 7 saturated carbocycles. The highest BCUT2D eigenvalue weighted by Gasteiger charge is 2.72. The third kappa shape index (κ3) is 7.56. The van der Waals surface area contributed by atoms with Gasteiger partial charge in [0.1, 0.15) is 12.7 Å². The van der Waals surface area contributed by atoms with Crippen molar-refractivity contribution in [3.63, 3.8) is 0 Å². The zero-order valence-electron chi connectivity index (χ0n) is 39.6. The van der Waals surface area contributed by atoms with Gasteiger partial charge in [0.2, 0.25) is 0 Å². The average Bonchev–Trinajstić information content (AvgIpc) is 3.82. The Hall–Kier alpha value is -1.96. The van der Waals surface area contributed by atoms with Gasteiger partial charge >= 0.3 is 18.0 Å². The summed E-state index contributed by atoms with van der Waals surface area (Å²) in [4.78, 5) is 40.6. The van der Waals surface area contributed by atoms with E-state index in [9.17, 15) is 27.9 Å². The number of rotatable bonds is 13. The Kier molecular flexibility index (Phi) is 12.1. The molecule has 1 amide bonds. The van der Waals surface area contributed by atoms with Crippen LogP contribution in [0.5, 0.6) is 0 Å². The van der Waals surface area contributed by atoms with Crippen molar-refractivity contribution in [3.05, 3.63) is 0 Å². The molecule has 13 heteroatoms. The number of esters is 1. The fourth-order valence-electron chi connectivity index (χ4n) is 16.6. The van der Waals surface area contributed by atoms with Gasteiger partial charge in [0.05, 0.1) is 29.9 Å². The first-order valence-electron chi connectivity index (χ1n) is 24.5. The lowest BCUT2D eigenvalue weighted by Crippen LogP contribution is -2.69. The van der Waals surface area contributed by atoms with Crippen molar-refractivity contribution in [1.82, 2.24) is 15.5 Å². The number of amides is 1. The second-order valence-electron chi connectivity index (χ2n) is 24.2. The van der Waals surface area contributed by atoms with Crippen LogP contribution in [0.3, 0.4) is 0 Å². The number of ether oxygens (including phenoxy) is 3. The third-order valence-electron chi connectivity index (χ3n) is 21.0. The lowest BCUT2D eigenvalue weighted by molar-refractivity contribution is -0.249. The number of carboxylic acids is 1. The second kappa shape index (κ2) is 16.1. The standard InChI is InChI=1S/C49H81N3O9S/c1-43(2)34(40(53)54)28-35(43)41(55)61-38-14-15-46(6)36(44(38,3)4)13-16-48(8)37(46)11-10-33-39-32(45(5)18-19-45)12-17-49(39,21-20-47(33,48)7)51-30-31(29-50-42(56)60-25-24-59-9)52-22-26-62(57,58)27-23-52/h31-39,51H,10-30H2,1-9H3,(H,50,56)(H,53,54)/t31-,32+,33+,34-,35+,36-,37+,38-,39+,46-,47+,48+,49-/m0/s1. The summed E-state index contributed by atoms with van der Waals surface area (Å²) in [5, 5.41) is 17.0. The van der Waals surface area contributed by atoms with Gasteiger partial charge in [-0.05, 0) is 140 Å². The molecule has 7 aliphatic carbocycles. The first kappa shape index (κ1) is 46.6. The maximum absolute atomic E-state index is 13.7. The van der Waals surface area contributed by atoms with E-state index in [1.54, 1.807) is 7.11 Å². The molecule has 8 aliphatic rings. The van der Waals surface area contributed by atoms with Gasteiger partial charge in [-0.2, -0.15) is 0 Å². The predicted molar refractivity (Wildman–Crippen MR) is 238 cm³/mol. The number of carbonyl (C=O) groups is 3. The number of fused-ring (bicyclic) bond motifs is 7. The summed E-state index contributed by atoms with van der Waals surface area (Å²) >= 11 is 0. The molecule has 0 aromatic carbocycles. The molecular formula is C49H81N3O9S. The van der Waals surface area contributed by atoms with Gasteiger partial charge in [0.25, 0.3) is 0 Å². The van der Waals surface area contributed by atoms with E-state index in [0.29, 0.717) is 74.2 Å². The van der Waals surface area contributed by atoms with Crippen LogP contribution in [0.15, 0.2) is 0 Å². The molecule has 0 aromatic heterocycles. The summed E-state index contributed by atoms with van der Waals surface area (Å²) in [7, 11) is -1.48. The van der Waals surface area contributed by atoms with Crippen LogP contribution in [0.2, 0.25) is 0 Å². The van der Waals surface area contributed by atoms with E-state index in [0.717, 1.165) is 25.7 Å². The van der Waals surface area contributed by atoms with Crippen molar-refractivity contribution >= 4 is 27.9 Å². The lowest BCUT2D eigenvalue weighted by atomic mass is 9.32. The topological polar surface area (TPSA) is 161 Å². The Labute approximate surface area is 372 Å². The smallest absolute Gasteiger partial charge is 0.407 e. The fraction of sp³-hybridized carbons (Fsp3) is 0.939. The highest BCUT2D eigenvalue weighted by molar-refractivity contribution is 7.91. The molecule has 1 heterocycles. The van der Waals surface area contributed by atoms with Crippen molar-refractivity contribution in [1.29, 1.82) is 0 Å². The van der Waals surface area contributed by atoms with E-state index in [1.165, 1.54) is 51.4 Å². The Balaban J connectivity index is 1.01. The molecule has 0 bridgehead atoms. The fourth-order valence-corrected chi connectivity index (χ4v) is 17.8. The summed E-state index contributed by atoms with van der Waals surface area (Å²) < 4.78 is 41.9. The minimum absolute atomic E-state index is 0.00719. The number of sulfone groups is 1. The average molecular weight is 888 g/mol. The first-order chi connectivity index (χ1) is 29.0. The Morgan fingerprint density at radius 2 is 1.45 bits per heavy atom. The summed E-state index contributed by atoms with van der Waals surface area (Å²) in [6.45, 7) is 21.6. The van der Waals surface area contributed by atoms with E-state index in [1.807, 2.05) is 13.8 Å². The maximum atomic E-state index is 13.7. The van der Waals surface area contributed by atoms with Gasteiger partial charge in [-0.1, -0.05) is 55.4 Å². The minimum Gasteiger partial charge on any atom is -0.481 e. The van der Waals surface area contributed by atoms with Gasteiger partial charge in [0, 0.05) is 50.3 Å². The van der Waals surface area contributed by atoms with E-state index >= 15 is 0 Å². The van der Waals surface area contributed by atoms with Crippen molar-refractivity contribution < 1.29 is 42.1 Å².